The summed E-state index contributed by atoms with van der Waals surface area (Å²) in [5.74, 6) is -1.74. The van der Waals surface area contributed by atoms with Gasteiger partial charge in [0, 0.05) is 11.1 Å². The fourth-order valence-electron chi connectivity index (χ4n) is 4.74. The Bertz CT molecular complexity index is 1850. The van der Waals surface area contributed by atoms with Crippen molar-refractivity contribution in [3.05, 3.63) is 113 Å². The number of nitrogens with two attached hydrogens (primary N) is 2. The zero-order valence-corrected chi connectivity index (χ0v) is 22.0. The first kappa shape index (κ1) is 27.0. The summed E-state index contributed by atoms with van der Waals surface area (Å²) >= 11 is 0. The van der Waals surface area contributed by atoms with Gasteiger partial charge in [0.15, 0.2) is 5.58 Å². The molecule has 0 saturated heterocycles. The summed E-state index contributed by atoms with van der Waals surface area (Å²) in [4.78, 5) is 60.4. The Morgan fingerprint density at radius 2 is 1.98 bits per heavy atom. The number of aromatic nitrogens is 3. The molecule has 2 unspecified atom stereocenters. The lowest BCUT2D eigenvalue weighted by Crippen LogP contribution is -2.51. The van der Waals surface area contributed by atoms with Gasteiger partial charge in [-0.05, 0) is 30.7 Å². The Hall–Kier alpha value is -5.58. The van der Waals surface area contributed by atoms with Crippen LogP contribution in [0.4, 0.5) is 5.69 Å². The molecule has 2 amide bonds. The van der Waals surface area contributed by atoms with Crippen molar-refractivity contribution in [3.63, 3.8) is 0 Å². The molecule has 1 aliphatic rings. The number of carbonyl (C=O) groups excluding carboxylic acids is 3. The number of amides is 2. The maximum Gasteiger partial charge on any atom is 0.277 e. The van der Waals surface area contributed by atoms with E-state index in [1.54, 1.807) is 36.4 Å². The van der Waals surface area contributed by atoms with E-state index < -0.39 is 41.2 Å². The maximum absolute atomic E-state index is 13.8. The zero-order chi connectivity index (χ0) is 29.3. The standard InChI is InChI=1S/C30H26N6O5/c1-3-30(25(38)28-34-21-14-18(26(32)39)11-12-22(21)41-28)13-7-6-10-23(30)35-24(37)16-36-27(33-15-20(31)29(36)40)19-9-5-4-8-17(19)2/h3-15,23H,1,16,31H2,2H3,(H2,32,39)(H,35,37). The van der Waals surface area contributed by atoms with Gasteiger partial charge in [0.2, 0.25) is 17.6 Å². The third kappa shape index (κ3) is 4.84. The summed E-state index contributed by atoms with van der Waals surface area (Å²) in [6.45, 7) is 5.31. The van der Waals surface area contributed by atoms with Gasteiger partial charge in [0.25, 0.3) is 11.4 Å². The number of nitrogen functional groups attached to an aromatic ring is 1. The third-order valence-electron chi connectivity index (χ3n) is 6.98. The van der Waals surface area contributed by atoms with Crippen molar-refractivity contribution in [1.29, 1.82) is 0 Å². The summed E-state index contributed by atoms with van der Waals surface area (Å²) < 4.78 is 6.90. The van der Waals surface area contributed by atoms with E-state index in [1.807, 2.05) is 19.1 Å². The van der Waals surface area contributed by atoms with Crippen molar-refractivity contribution >= 4 is 34.4 Å². The minimum atomic E-state index is -1.46. The molecule has 11 nitrogen and oxygen atoms in total. The fraction of sp³-hybridized carbons (Fsp3) is 0.133. The number of primary amides is 1. The third-order valence-corrected chi connectivity index (χ3v) is 6.98. The smallest absolute Gasteiger partial charge is 0.277 e. The molecule has 5 N–H and O–H groups in total. The number of hydrogen-bond acceptors (Lipinski definition) is 8. The highest BCUT2D eigenvalue weighted by molar-refractivity contribution is 6.03. The number of allylic oxidation sites excluding steroid dienone is 2. The summed E-state index contributed by atoms with van der Waals surface area (Å²) in [6.07, 6.45) is 9.22. The SMILES string of the molecule is C=CC1(C(=O)c2nc3cc(C(N)=O)ccc3o2)C=CC=CC1NC(=O)Cn1c(-c2ccccc2C)ncc(N)c1=O. The van der Waals surface area contributed by atoms with Crippen LogP contribution in [0, 0.1) is 12.3 Å². The average Bonchev–Trinajstić information content (AvgIpc) is 3.40. The summed E-state index contributed by atoms with van der Waals surface area (Å²) in [6, 6.07) is 10.8. The van der Waals surface area contributed by atoms with Gasteiger partial charge in [-0.1, -0.05) is 54.6 Å². The molecule has 1 aliphatic carbocycles. The molecule has 2 heterocycles. The van der Waals surface area contributed by atoms with Gasteiger partial charge in [-0.25, -0.2) is 9.97 Å². The Morgan fingerprint density at radius 1 is 1.20 bits per heavy atom. The fourth-order valence-corrected chi connectivity index (χ4v) is 4.74. The number of aryl methyl sites for hydroxylation is 1. The van der Waals surface area contributed by atoms with Gasteiger partial charge in [0.05, 0.1) is 17.7 Å². The first-order valence-corrected chi connectivity index (χ1v) is 12.6. The van der Waals surface area contributed by atoms with E-state index in [1.165, 1.54) is 35.0 Å². The topological polar surface area (TPSA) is 176 Å². The molecular formula is C30H26N6O5. The minimum Gasteiger partial charge on any atom is -0.434 e. The Kier molecular flexibility index (Phi) is 6.94. The molecule has 2 aromatic heterocycles. The molecule has 206 valence electrons. The number of benzene rings is 2. The highest BCUT2D eigenvalue weighted by Gasteiger charge is 2.44. The van der Waals surface area contributed by atoms with Crippen LogP contribution in [0.2, 0.25) is 0 Å². The first-order valence-electron chi connectivity index (χ1n) is 12.6. The Morgan fingerprint density at radius 3 is 2.71 bits per heavy atom. The number of ketones is 1. The molecular weight excluding hydrogens is 524 g/mol. The lowest BCUT2D eigenvalue weighted by atomic mass is 9.73. The van der Waals surface area contributed by atoms with Crippen LogP contribution in [0.5, 0.6) is 0 Å². The van der Waals surface area contributed by atoms with Gasteiger partial charge >= 0.3 is 0 Å². The summed E-state index contributed by atoms with van der Waals surface area (Å²) in [7, 11) is 0. The van der Waals surface area contributed by atoms with Crippen LogP contribution in [0.1, 0.15) is 26.6 Å². The monoisotopic (exact) mass is 550 g/mol. The molecule has 2 atom stereocenters. The number of nitrogens with zero attached hydrogens (tertiary/aromatic N) is 3. The van der Waals surface area contributed by atoms with Crippen LogP contribution >= 0.6 is 0 Å². The zero-order valence-electron chi connectivity index (χ0n) is 22.0. The number of Topliss-reactive ketones (excluding diaryl/α,β-unsaturated/α-hetero) is 1. The molecule has 41 heavy (non-hydrogen) atoms. The number of hydrogen-bond donors (Lipinski definition) is 3. The van der Waals surface area contributed by atoms with Crippen molar-refractivity contribution < 1.29 is 18.8 Å². The van der Waals surface area contributed by atoms with Crippen molar-refractivity contribution in [2.45, 2.75) is 19.5 Å². The van der Waals surface area contributed by atoms with Crippen LogP contribution in [-0.4, -0.2) is 38.2 Å². The van der Waals surface area contributed by atoms with Crippen LogP contribution in [0.15, 0.2) is 94.8 Å². The van der Waals surface area contributed by atoms with Crippen molar-refractivity contribution in [2.24, 2.45) is 11.1 Å². The van der Waals surface area contributed by atoms with Gasteiger partial charge in [-0.15, -0.1) is 6.58 Å². The van der Waals surface area contributed by atoms with Crippen molar-refractivity contribution in [1.82, 2.24) is 19.9 Å². The van der Waals surface area contributed by atoms with Crippen molar-refractivity contribution in [3.8, 4) is 11.4 Å². The molecule has 4 aromatic rings. The van der Waals surface area contributed by atoms with E-state index >= 15 is 0 Å². The number of rotatable bonds is 8. The first-order chi connectivity index (χ1) is 19.6. The van der Waals surface area contributed by atoms with Gasteiger partial charge in [-0.2, -0.15) is 0 Å². The number of nitrogens with one attached hydrogen (secondary N) is 1. The van der Waals surface area contributed by atoms with Crippen LogP contribution < -0.4 is 22.3 Å². The molecule has 11 heteroatoms. The molecule has 0 fully saturated rings. The van der Waals surface area contributed by atoms with E-state index in [-0.39, 0.29) is 34.1 Å². The van der Waals surface area contributed by atoms with Crippen LogP contribution in [0.3, 0.4) is 0 Å². The number of fused-ring (bicyclic) bond motifs is 1. The van der Waals surface area contributed by atoms with E-state index in [2.05, 4.69) is 21.9 Å². The number of carbonyl (C=O) groups is 3. The highest BCUT2D eigenvalue weighted by atomic mass is 16.4. The Labute approximate surface area is 233 Å². The second kappa shape index (κ2) is 10.5. The molecule has 0 radical (unpaired) electrons. The second-order valence-corrected chi connectivity index (χ2v) is 9.56. The quantitative estimate of drug-likeness (QED) is 0.221. The largest absolute Gasteiger partial charge is 0.434 e. The van der Waals surface area contributed by atoms with Crippen LogP contribution in [0.25, 0.3) is 22.5 Å². The van der Waals surface area contributed by atoms with E-state index in [4.69, 9.17) is 15.9 Å². The lowest BCUT2D eigenvalue weighted by molar-refractivity contribution is -0.122. The Balaban J connectivity index is 1.46. The van der Waals surface area contributed by atoms with Gasteiger partial charge in [-0.3, -0.25) is 23.7 Å². The molecule has 0 aliphatic heterocycles. The van der Waals surface area contributed by atoms with Crippen LogP contribution in [-0.2, 0) is 11.3 Å². The van der Waals surface area contributed by atoms with Crippen molar-refractivity contribution in [2.75, 3.05) is 5.73 Å². The molecule has 0 bridgehead atoms. The molecule has 5 rings (SSSR count). The van der Waals surface area contributed by atoms with E-state index in [9.17, 15) is 19.2 Å². The maximum atomic E-state index is 13.8. The minimum absolute atomic E-state index is 0.110. The molecule has 0 spiro atoms. The average molecular weight is 551 g/mol. The number of oxazole rings is 1. The predicted octanol–water partition coefficient (Wildman–Crippen LogP) is 2.71. The number of anilines is 1. The highest BCUT2D eigenvalue weighted by Crippen LogP contribution is 2.35. The molecule has 0 saturated carbocycles. The normalized spacial score (nSPS) is 17.8. The van der Waals surface area contributed by atoms with E-state index in [0.717, 1.165) is 5.56 Å². The van der Waals surface area contributed by atoms with Gasteiger partial charge in [0.1, 0.15) is 23.6 Å². The van der Waals surface area contributed by atoms with Gasteiger partial charge < -0.3 is 21.2 Å². The predicted molar refractivity (Wildman–Crippen MR) is 153 cm³/mol. The molecule has 2 aromatic carbocycles. The lowest BCUT2D eigenvalue weighted by Gasteiger charge is -2.34. The summed E-state index contributed by atoms with van der Waals surface area (Å²) in [5, 5.41) is 2.83. The summed E-state index contributed by atoms with van der Waals surface area (Å²) in [5.41, 5.74) is 11.4. The van der Waals surface area contributed by atoms with E-state index in [0.29, 0.717) is 5.56 Å². The second-order valence-electron chi connectivity index (χ2n) is 9.56.